The summed E-state index contributed by atoms with van der Waals surface area (Å²) in [7, 11) is -3.76. The van der Waals surface area contributed by atoms with Crippen molar-refractivity contribution in [1.82, 2.24) is 9.21 Å². The maximum Gasteiger partial charge on any atom is 0.246 e. The lowest BCUT2D eigenvalue weighted by Gasteiger charge is -2.34. The second-order valence-corrected chi connectivity index (χ2v) is 8.00. The van der Waals surface area contributed by atoms with Crippen LogP contribution in [-0.4, -0.2) is 43.8 Å². The molecule has 0 radical (unpaired) electrons. The molecule has 4 nitrogen and oxygen atoms in total. The minimum absolute atomic E-state index is 0. The van der Waals surface area contributed by atoms with Crippen LogP contribution in [0.15, 0.2) is 53.4 Å². The molecular weight excluding hydrogens is 363 g/mol. The van der Waals surface area contributed by atoms with E-state index in [0.717, 1.165) is 6.54 Å². The summed E-state index contributed by atoms with van der Waals surface area (Å²) in [6, 6.07) is 13.9. The van der Waals surface area contributed by atoms with Crippen molar-refractivity contribution in [3.8, 4) is 0 Å². The van der Waals surface area contributed by atoms with Crippen molar-refractivity contribution in [1.29, 1.82) is 0 Å². The molecule has 1 aliphatic heterocycles. The topological polar surface area (TPSA) is 40.6 Å². The lowest BCUT2D eigenvalue weighted by atomic mass is 10.1. The monoisotopic (exact) mass is 384 g/mol. The maximum absolute atomic E-state index is 13.8. The average molecular weight is 385 g/mol. The quantitative estimate of drug-likeness (QED) is 0.813. The zero-order valence-corrected chi connectivity index (χ0v) is 15.7. The number of nitrogens with zero attached hydrogens (tertiary/aromatic N) is 2. The standard InChI is InChI=1S/C18H21FN2O2S.ClH/c1-15-6-8-16(9-7-15)14-20-10-12-21(13-11-20)24(22,23)18-5-3-2-4-17(18)19;/h2-9H,10-14H2,1H3;1H. The van der Waals surface area contributed by atoms with Crippen LogP contribution in [0.5, 0.6) is 0 Å². The molecule has 136 valence electrons. The van der Waals surface area contributed by atoms with Gasteiger partial charge in [-0.1, -0.05) is 42.0 Å². The van der Waals surface area contributed by atoms with Gasteiger partial charge in [0.25, 0.3) is 0 Å². The molecule has 0 atom stereocenters. The number of halogens is 2. The fourth-order valence-corrected chi connectivity index (χ4v) is 4.36. The van der Waals surface area contributed by atoms with Crippen LogP contribution in [0.2, 0.25) is 0 Å². The highest BCUT2D eigenvalue weighted by Crippen LogP contribution is 2.21. The predicted molar refractivity (Wildman–Crippen MR) is 98.9 cm³/mol. The van der Waals surface area contributed by atoms with Gasteiger partial charge >= 0.3 is 0 Å². The molecule has 1 heterocycles. The van der Waals surface area contributed by atoms with Crippen LogP contribution >= 0.6 is 12.4 Å². The van der Waals surface area contributed by atoms with Crippen molar-refractivity contribution >= 4 is 22.4 Å². The summed E-state index contributed by atoms with van der Waals surface area (Å²) in [5, 5.41) is 0. The van der Waals surface area contributed by atoms with Crippen LogP contribution in [0.25, 0.3) is 0 Å². The minimum atomic E-state index is -3.76. The van der Waals surface area contributed by atoms with E-state index >= 15 is 0 Å². The summed E-state index contributed by atoms with van der Waals surface area (Å²) in [6.07, 6.45) is 0. The third-order valence-corrected chi connectivity index (χ3v) is 6.24. The van der Waals surface area contributed by atoms with Crippen molar-refractivity contribution in [2.24, 2.45) is 0 Å². The molecule has 1 saturated heterocycles. The first-order valence-corrected chi connectivity index (χ1v) is 9.43. The van der Waals surface area contributed by atoms with E-state index < -0.39 is 15.8 Å². The van der Waals surface area contributed by atoms with E-state index in [9.17, 15) is 12.8 Å². The van der Waals surface area contributed by atoms with Gasteiger partial charge in [0.05, 0.1) is 0 Å². The third-order valence-electron chi connectivity index (χ3n) is 4.31. The fraction of sp³-hybridized carbons (Fsp3) is 0.333. The normalized spacial score (nSPS) is 16.4. The largest absolute Gasteiger partial charge is 0.296 e. The van der Waals surface area contributed by atoms with Crippen LogP contribution in [0, 0.1) is 12.7 Å². The van der Waals surface area contributed by atoms with Crippen molar-refractivity contribution in [2.75, 3.05) is 26.2 Å². The van der Waals surface area contributed by atoms with Gasteiger partial charge in [-0.25, -0.2) is 12.8 Å². The Balaban J connectivity index is 0.00000225. The summed E-state index contributed by atoms with van der Waals surface area (Å²) in [6.45, 7) is 4.89. The Labute approximate surface area is 154 Å². The van der Waals surface area contributed by atoms with E-state index in [2.05, 4.69) is 36.1 Å². The van der Waals surface area contributed by atoms with Crippen molar-refractivity contribution in [3.63, 3.8) is 0 Å². The highest BCUT2D eigenvalue weighted by molar-refractivity contribution is 7.89. The molecule has 0 N–H and O–H groups in total. The van der Waals surface area contributed by atoms with Gasteiger partial charge in [0.1, 0.15) is 10.7 Å². The number of aryl methyl sites for hydroxylation is 1. The first-order chi connectivity index (χ1) is 11.5. The van der Waals surface area contributed by atoms with E-state index in [1.54, 1.807) is 6.07 Å². The second-order valence-electron chi connectivity index (χ2n) is 6.10. The second kappa shape index (κ2) is 8.27. The average Bonchev–Trinajstić information content (AvgIpc) is 2.58. The number of sulfonamides is 1. The third kappa shape index (κ3) is 4.58. The van der Waals surface area contributed by atoms with Crippen LogP contribution in [0.4, 0.5) is 4.39 Å². The van der Waals surface area contributed by atoms with E-state index in [1.807, 2.05) is 0 Å². The Morgan fingerprint density at radius 1 is 0.960 bits per heavy atom. The van der Waals surface area contributed by atoms with Crippen LogP contribution in [-0.2, 0) is 16.6 Å². The number of hydrogen-bond acceptors (Lipinski definition) is 3. The van der Waals surface area contributed by atoms with E-state index in [-0.39, 0.29) is 17.3 Å². The molecule has 7 heteroatoms. The molecule has 0 spiro atoms. The number of piperazine rings is 1. The van der Waals surface area contributed by atoms with Crippen molar-refractivity contribution in [2.45, 2.75) is 18.4 Å². The SMILES string of the molecule is Cc1ccc(CN2CCN(S(=O)(=O)c3ccccc3F)CC2)cc1.Cl. The first kappa shape index (κ1) is 19.8. The fourth-order valence-electron chi connectivity index (χ4n) is 2.87. The number of benzene rings is 2. The Morgan fingerprint density at radius 3 is 2.16 bits per heavy atom. The van der Waals surface area contributed by atoms with Crippen LogP contribution in [0.3, 0.4) is 0 Å². The van der Waals surface area contributed by atoms with Crippen molar-refractivity contribution in [3.05, 3.63) is 65.5 Å². The highest BCUT2D eigenvalue weighted by Gasteiger charge is 2.30. The Kier molecular flexibility index (Phi) is 6.57. The zero-order chi connectivity index (χ0) is 17.2. The van der Waals surface area contributed by atoms with Gasteiger partial charge in [0, 0.05) is 32.7 Å². The van der Waals surface area contributed by atoms with Gasteiger partial charge in [0.15, 0.2) is 0 Å². The maximum atomic E-state index is 13.8. The molecule has 0 bridgehead atoms. The van der Waals surface area contributed by atoms with E-state index in [0.29, 0.717) is 26.2 Å². The predicted octanol–water partition coefficient (Wildman–Crippen LogP) is 3.06. The smallest absolute Gasteiger partial charge is 0.246 e. The van der Waals surface area contributed by atoms with Crippen LogP contribution < -0.4 is 0 Å². The molecule has 0 saturated carbocycles. The summed E-state index contributed by atoms with van der Waals surface area (Å²) >= 11 is 0. The number of hydrogen-bond donors (Lipinski definition) is 0. The van der Waals surface area contributed by atoms with Gasteiger partial charge in [-0.2, -0.15) is 4.31 Å². The van der Waals surface area contributed by atoms with E-state index in [4.69, 9.17) is 0 Å². The molecule has 0 aromatic heterocycles. The molecule has 0 unspecified atom stereocenters. The van der Waals surface area contributed by atoms with Gasteiger partial charge in [-0.15, -0.1) is 12.4 Å². The molecule has 3 rings (SSSR count). The summed E-state index contributed by atoms with van der Waals surface area (Å²) in [5.74, 6) is -0.695. The molecule has 1 fully saturated rings. The molecular formula is C18H22ClFN2O2S. The Morgan fingerprint density at radius 2 is 1.56 bits per heavy atom. The number of rotatable bonds is 4. The first-order valence-electron chi connectivity index (χ1n) is 7.99. The van der Waals surface area contributed by atoms with Gasteiger partial charge in [-0.3, -0.25) is 4.90 Å². The van der Waals surface area contributed by atoms with Gasteiger partial charge in [0.2, 0.25) is 10.0 Å². The minimum Gasteiger partial charge on any atom is -0.296 e. The summed E-state index contributed by atoms with van der Waals surface area (Å²) in [4.78, 5) is 1.98. The molecule has 0 aliphatic carbocycles. The lowest BCUT2D eigenvalue weighted by Crippen LogP contribution is -2.48. The van der Waals surface area contributed by atoms with Gasteiger partial charge in [-0.05, 0) is 24.6 Å². The van der Waals surface area contributed by atoms with Crippen LogP contribution in [0.1, 0.15) is 11.1 Å². The lowest BCUT2D eigenvalue weighted by molar-refractivity contribution is 0.181. The zero-order valence-electron chi connectivity index (χ0n) is 14.1. The Bertz CT molecular complexity index is 804. The van der Waals surface area contributed by atoms with Crippen molar-refractivity contribution < 1.29 is 12.8 Å². The molecule has 1 aliphatic rings. The Hall–Kier alpha value is -1.47. The summed E-state index contributed by atoms with van der Waals surface area (Å²) < 4.78 is 40.3. The van der Waals surface area contributed by atoms with Gasteiger partial charge < -0.3 is 0 Å². The summed E-state index contributed by atoms with van der Waals surface area (Å²) in [5.41, 5.74) is 2.44. The molecule has 25 heavy (non-hydrogen) atoms. The molecule has 2 aromatic carbocycles. The molecule has 2 aromatic rings. The molecule has 0 amide bonds. The van der Waals surface area contributed by atoms with E-state index in [1.165, 1.54) is 33.6 Å². The highest BCUT2D eigenvalue weighted by atomic mass is 35.5.